The first-order valence-electron chi connectivity index (χ1n) is 5.75. The molecule has 1 fully saturated rings. The van der Waals surface area contributed by atoms with Crippen molar-refractivity contribution >= 4 is 29.1 Å². The average Bonchev–Trinajstić information content (AvgIpc) is 2.64. The molecule has 1 atom stereocenters. The Morgan fingerprint density at radius 2 is 2.22 bits per heavy atom. The van der Waals surface area contributed by atoms with Crippen molar-refractivity contribution in [1.82, 2.24) is 5.32 Å². The van der Waals surface area contributed by atoms with Crippen LogP contribution in [0.5, 0.6) is 0 Å². The summed E-state index contributed by atoms with van der Waals surface area (Å²) in [4.78, 5) is 23.4. The van der Waals surface area contributed by atoms with E-state index < -0.39 is 5.41 Å². The van der Waals surface area contributed by atoms with Crippen molar-refractivity contribution in [2.45, 2.75) is 20.3 Å². The topological polar surface area (TPSA) is 58.2 Å². The highest BCUT2D eigenvalue weighted by Gasteiger charge is 2.40. The largest absolute Gasteiger partial charge is 0.355 e. The number of amides is 2. The van der Waals surface area contributed by atoms with Crippen LogP contribution in [0.15, 0.2) is 18.2 Å². The van der Waals surface area contributed by atoms with Crippen LogP contribution >= 0.6 is 11.6 Å². The van der Waals surface area contributed by atoms with Gasteiger partial charge in [0.05, 0.1) is 5.41 Å². The molecule has 5 heteroatoms. The van der Waals surface area contributed by atoms with Crippen LogP contribution in [0.2, 0.25) is 5.02 Å². The van der Waals surface area contributed by atoms with E-state index in [0.29, 0.717) is 11.6 Å². The normalized spacial score (nSPS) is 22.7. The Kier molecular flexibility index (Phi) is 3.30. The second-order valence-corrected chi connectivity index (χ2v) is 5.36. The summed E-state index contributed by atoms with van der Waals surface area (Å²) in [5.41, 5.74) is 0.949. The van der Waals surface area contributed by atoms with Crippen LogP contribution in [-0.4, -0.2) is 18.4 Å². The van der Waals surface area contributed by atoms with Crippen molar-refractivity contribution < 1.29 is 9.59 Å². The van der Waals surface area contributed by atoms with Gasteiger partial charge in [-0.2, -0.15) is 0 Å². The fourth-order valence-electron chi connectivity index (χ4n) is 1.97. The Hall–Kier alpha value is -1.55. The zero-order valence-electron chi connectivity index (χ0n) is 10.3. The highest BCUT2D eigenvalue weighted by molar-refractivity contribution is 6.30. The van der Waals surface area contributed by atoms with Crippen LogP contribution in [-0.2, 0) is 9.59 Å². The van der Waals surface area contributed by atoms with Gasteiger partial charge in [0.2, 0.25) is 11.8 Å². The lowest BCUT2D eigenvalue weighted by atomic mass is 9.88. The molecule has 1 saturated heterocycles. The second kappa shape index (κ2) is 4.61. The van der Waals surface area contributed by atoms with Gasteiger partial charge in [-0.15, -0.1) is 0 Å². The molecule has 4 nitrogen and oxygen atoms in total. The fourth-order valence-corrected chi connectivity index (χ4v) is 2.20. The van der Waals surface area contributed by atoms with Crippen LogP contribution in [0.1, 0.15) is 18.9 Å². The molecule has 0 spiro atoms. The number of carbonyl (C=O) groups excluding carboxylic acids is 2. The third-order valence-electron chi connectivity index (χ3n) is 3.21. The summed E-state index contributed by atoms with van der Waals surface area (Å²) in [5, 5.41) is 6.16. The Labute approximate surface area is 111 Å². The van der Waals surface area contributed by atoms with Crippen LogP contribution in [0.4, 0.5) is 5.69 Å². The van der Waals surface area contributed by atoms with E-state index in [1.807, 2.05) is 6.92 Å². The van der Waals surface area contributed by atoms with Crippen molar-refractivity contribution in [3.05, 3.63) is 28.8 Å². The molecule has 0 aliphatic carbocycles. The van der Waals surface area contributed by atoms with Gasteiger partial charge in [0.15, 0.2) is 0 Å². The lowest BCUT2D eigenvalue weighted by Gasteiger charge is -2.21. The standard InChI is InChI=1S/C13H15ClN2O2/c1-8-5-9(14)3-4-10(8)16-12(18)13(2)6-11(17)15-7-13/h3-5H,6-7H2,1-2H3,(H,15,17)(H,16,18). The summed E-state index contributed by atoms with van der Waals surface area (Å²) in [6, 6.07) is 5.28. The number of halogens is 1. The van der Waals surface area contributed by atoms with E-state index >= 15 is 0 Å². The number of hydrogen-bond acceptors (Lipinski definition) is 2. The molecule has 2 amide bonds. The highest BCUT2D eigenvalue weighted by atomic mass is 35.5. The van der Waals surface area contributed by atoms with Crippen LogP contribution in [0, 0.1) is 12.3 Å². The average molecular weight is 267 g/mol. The maximum Gasteiger partial charge on any atom is 0.232 e. The van der Waals surface area contributed by atoms with Crippen LogP contribution in [0.25, 0.3) is 0 Å². The SMILES string of the molecule is Cc1cc(Cl)ccc1NC(=O)C1(C)CNC(=O)C1. The highest BCUT2D eigenvalue weighted by Crippen LogP contribution is 2.28. The van der Waals surface area contributed by atoms with Gasteiger partial charge in [-0.25, -0.2) is 0 Å². The minimum atomic E-state index is -0.677. The summed E-state index contributed by atoms with van der Waals surface area (Å²) in [7, 11) is 0. The van der Waals surface area contributed by atoms with E-state index in [1.165, 1.54) is 0 Å². The molecule has 2 N–H and O–H groups in total. The number of aryl methyl sites for hydroxylation is 1. The van der Waals surface area contributed by atoms with E-state index in [9.17, 15) is 9.59 Å². The predicted molar refractivity (Wildman–Crippen MR) is 70.6 cm³/mol. The first-order valence-corrected chi connectivity index (χ1v) is 6.13. The van der Waals surface area contributed by atoms with E-state index in [0.717, 1.165) is 11.3 Å². The van der Waals surface area contributed by atoms with Gasteiger partial charge >= 0.3 is 0 Å². The molecule has 1 heterocycles. The van der Waals surface area contributed by atoms with Crippen LogP contribution < -0.4 is 10.6 Å². The minimum Gasteiger partial charge on any atom is -0.355 e. The number of rotatable bonds is 2. The maximum absolute atomic E-state index is 12.2. The zero-order chi connectivity index (χ0) is 13.3. The van der Waals surface area contributed by atoms with Gasteiger partial charge in [-0.05, 0) is 37.6 Å². The summed E-state index contributed by atoms with van der Waals surface area (Å²) in [5.74, 6) is -0.230. The Morgan fingerprint density at radius 3 is 2.78 bits per heavy atom. The summed E-state index contributed by atoms with van der Waals surface area (Å²) in [6.07, 6.45) is 0.228. The van der Waals surface area contributed by atoms with Crippen molar-refractivity contribution in [2.75, 3.05) is 11.9 Å². The number of anilines is 1. The van der Waals surface area contributed by atoms with Gasteiger partial charge in [-0.3, -0.25) is 9.59 Å². The molecular weight excluding hydrogens is 252 g/mol. The molecule has 1 aliphatic heterocycles. The first kappa shape index (κ1) is 12.9. The minimum absolute atomic E-state index is 0.0829. The monoisotopic (exact) mass is 266 g/mol. The summed E-state index contributed by atoms with van der Waals surface area (Å²) < 4.78 is 0. The molecule has 1 aromatic rings. The maximum atomic E-state index is 12.2. The second-order valence-electron chi connectivity index (χ2n) is 4.93. The molecule has 0 bridgehead atoms. The van der Waals surface area contributed by atoms with Gasteiger partial charge in [0.25, 0.3) is 0 Å². The van der Waals surface area contributed by atoms with Gasteiger partial charge in [0, 0.05) is 23.7 Å². The number of hydrogen-bond donors (Lipinski definition) is 2. The molecule has 18 heavy (non-hydrogen) atoms. The number of benzene rings is 1. The van der Waals surface area contributed by atoms with E-state index in [4.69, 9.17) is 11.6 Å². The lowest BCUT2D eigenvalue weighted by Crippen LogP contribution is -2.35. The van der Waals surface area contributed by atoms with Gasteiger partial charge < -0.3 is 10.6 Å². The smallest absolute Gasteiger partial charge is 0.232 e. The third-order valence-corrected chi connectivity index (χ3v) is 3.45. The van der Waals surface area contributed by atoms with E-state index in [2.05, 4.69) is 10.6 Å². The summed E-state index contributed by atoms with van der Waals surface area (Å²) >= 11 is 5.86. The van der Waals surface area contributed by atoms with E-state index in [-0.39, 0.29) is 18.2 Å². The van der Waals surface area contributed by atoms with Crippen LogP contribution in [0.3, 0.4) is 0 Å². The van der Waals surface area contributed by atoms with Gasteiger partial charge in [0.1, 0.15) is 0 Å². The van der Waals surface area contributed by atoms with Gasteiger partial charge in [-0.1, -0.05) is 11.6 Å². The Morgan fingerprint density at radius 1 is 1.50 bits per heavy atom. The summed E-state index contributed by atoms with van der Waals surface area (Å²) in [6.45, 7) is 4.04. The van der Waals surface area contributed by atoms with Crippen molar-refractivity contribution in [2.24, 2.45) is 5.41 Å². The Bertz CT molecular complexity index is 516. The molecule has 2 rings (SSSR count). The van der Waals surface area contributed by atoms with Crippen molar-refractivity contribution in [1.29, 1.82) is 0 Å². The molecule has 0 aromatic heterocycles. The molecule has 96 valence electrons. The number of carbonyl (C=O) groups is 2. The molecule has 1 unspecified atom stereocenters. The number of nitrogens with one attached hydrogen (secondary N) is 2. The third kappa shape index (κ3) is 2.48. The van der Waals surface area contributed by atoms with Crippen molar-refractivity contribution in [3.63, 3.8) is 0 Å². The zero-order valence-corrected chi connectivity index (χ0v) is 11.1. The quantitative estimate of drug-likeness (QED) is 0.861. The molecular formula is C13H15ClN2O2. The lowest BCUT2D eigenvalue weighted by molar-refractivity contribution is -0.126. The predicted octanol–water partition coefficient (Wildman–Crippen LogP) is 2.11. The molecule has 1 aliphatic rings. The van der Waals surface area contributed by atoms with E-state index in [1.54, 1.807) is 25.1 Å². The first-order chi connectivity index (χ1) is 8.40. The molecule has 1 aromatic carbocycles. The van der Waals surface area contributed by atoms with Crippen molar-refractivity contribution in [3.8, 4) is 0 Å². The Balaban J connectivity index is 2.14. The molecule has 0 radical (unpaired) electrons. The fraction of sp³-hybridized carbons (Fsp3) is 0.385. The molecule has 0 saturated carbocycles.